The molecule has 1 atom stereocenters. The Labute approximate surface area is 111 Å². The van der Waals surface area contributed by atoms with Gasteiger partial charge in [0.2, 0.25) is 0 Å². The van der Waals surface area contributed by atoms with Crippen LogP contribution in [-0.2, 0) is 5.75 Å². The molecule has 0 aliphatic heterocycles. The zero-order chi connectivity index (χ0) is 13.1. The quantitative estimate of drug-likeness (QED) is 0.813. The minimum absolute atomic E-state index is 0.653. The van der Waals surface area contributed by atoms with E-state index < -0.39 is 0 Å². The molecule has 0 amide bonds. The van der Waals surface area contributed by atoms with Crippen LogP contribution >= 0.6 is 11.8 Å². The van der Waals surface area contributed by atoms with Gasteiger partial charge in [0.1, 0.15) is 0 Å². The van der Waals surface area contributed by atoms with Gasteiger partial charge in [0, 0.05) is 17.5 Å². The first-order valence-electron chi connectivity index (χ1n) is 6.56. The molecule has 1 aromatic rings. The molecule has 0 radical (unpaired) electrons. The maximum Gasteiger partial charge on any atom is 0.0185 e. The number of hydrogen-bond acceptors (Lipinski definition) is 2. The van der Waals surface area contributed by atoms with E-state index in [1.54, 1.807) is 0 Å². The SMILES string of the molecule is CC.CCC(CSCc1ccc(C)cc1)NC. The van der Waals surface area contributed by atoms with Crippen LogP contribution in [0.1, 0.15) is 38.3 Å². The second-order valence-electron chi connectivity index (χ2n) is 3.89. The summed E-state index contributed by atoms with van der Waals surface area (Å²) in [5, 5.41) is 3.33. The summed E-state index contributed by atoms with van der Waals surface area (Å²) in [4.78, 5) is 0. The van der Waals surface area contributed by atoms with E-state index >= 15 is 0 Å². The Hall–Kier alpha value is -0.470. The van der Waals surface area contributed by atoms with E-state index in [-0.39, 0.29) is 0 Å². The van der Waals surface area contributed by atoms with Gasteiger partial charge in [0.25, 0.3) is 0 Å². The average Bonchev–Trinajstić information content (AvgIpc) is 2.39. The van der Waals surface area contributed by atoms with Crippen molar-refractivity contribution in [3.8, 4) is 0 Å². The van der Waals surface area contributed by atoms with E-state index in [4.69, 9.17) is 0 Å². The molecule has 1 rings (SSSR count). The predicted molar refractivity (Wildman–Crippen MR) is 81.8 cm³/mol. The molecule has 0 spiro atoms. The lowest BCUT2D eigenvalue weighted by Gasteiger charge is -2.12. The first kappa shape index (κ1) is 16.5. The van der Waals surface area contributed by atoms with E-state index in [1.165, 1.54) is 23.3 Å². The summed E-state index contributed by atoms with van der Waals surface area (Å²) in [6.07, 6.45) is 1.21. The Morgan fingerprint density at radius 1 is 1.18 bits per heavy atom. The van der Waals surface area contributed by atoms with Crippen LogP contribution in [0.5, 0.6) is 0 Å². The summed E-state index contributed by atoms with van der Waals surface area (Å²) < 4.78 is 0. The fourth-order valence-corrected chi connectivity index (χ4v) is 2.64. The molecule has 1 aromatic carbocycles. The molecule has 0 saturated heterocycles. The van der Waals surface area contributed by atoms with Gasteiger partial charge in [-0.2, -0.15) is 11.8 Å². The Bertz CT molecular complexity index is 265. The highest BCUT2D eigenvalue weighted by molar-refractivity contribution is 7.98. The van der Waals surface area contributed by atoms with Gasteiger partial charge in [0.15, 0.2) is 0 Å². The molecule has 2 heteroatoms. The van der Waals surface area contributed by atoms with Gasteiger partial charge in [-0.15, -0.1) is 0 Å². The summed E-state index contributed by atoms with van der Waals surface area (Å²) in [6, 6.07) is 9.47. The zero-order valence-electron chi connectivity index (χ0n) is 11.9. The maximum atomic E-state index is 3.33. The van der Waals surface area contributed by atoms with Crippen molar-refractivity contribution in [2.45, 2.75) is 45.9 Å². The van der Waals surface area contributed by atoms with Crippen LogP contribution in [0.3, 0.4) is 0 Å². The van der Waals surface area contributed by atoms with E-state index in [2.05, 4.69) is 43.4 Å². The molecular weight excluding hydrogens is 226 g/mol. The standard InChI is InChI=1S/C13H21NS.C2H6/c1-4-13(14-3)10-15-9-12-7-5-11(2)6-8-12;1-2/h5-8,13-14H,4,9-10H2,1-3H3;1-2H3. The van der Waals surface area contributed by atoms with Gasteiger partial charge in [-0.25, -0.2) is 0 Å². The predicted octanol–water partition coefficient (Wildman–Crippen LogP) is 4.25. The van der Waals surface area contributed by atoms with Gasteiger partial charge < -0.3 is 5.32 Å². The fraction of sp³-hybridized carbons (Fsp3) is 0.600. The summed E-state index contributed by atoms with van der Waals surface area (Å²) in [7, 11) is 2.04. The minimum atomic E-state index is 0.653. The van der Waals surface area contributed by atoms with Gasteiger partial charge >= 0.3 is 0 Å². The van der Waals surface area contributed by atoms with Crippen LogP contribution in [0, 0.1) is 6.92 Å². The van der Waals surface area contributed by atoms with Crippen molar-refractivity contribution in [1.82, 2.24) is 5.32 Å². The highest BCUT2D eigenvalue weighted by Gasteiger charge is 2.02. The molecule has 1 nitrogen and oxygen atoms in total. The molecule has 0 bridgehead atoms. The summed E-state index contributed by atoms with van der Waals surface area (Å²) >= 11 is 2.01. The highest BCUT2D eigenvalue weighted by atomic mass is 32.2. The van der Waals surface area contributed by atoms with E-state index in [9.17, 15) is 0 Å². The van der Waals surface area contributed by atoms with E-state index in [1.807, 2.05) is 32.7 Å². The lowest BCUT2D eigenvalue weighted by atomic mass is 10.2. The zero-order valence-corrected chi connectivity index (χ0v) is 12.7. The average molecular weight is 253 g/mol. The minimum Gasteiger partial charge on any atom is -0.316 e. The van der Waals surface area contributed by atoms with Crippen molar-refractivity contribution in [1.29, 1.82) is 0 Å². The van der Waals surface area contributed by atoms with Crippen LogP contribution in [0.2, 0.25) is 0 Å². The van der Waals surface area contributed by atoms with Crippen molar-refractivity contribution in [3.05, 3.63) is 35.4 Å². The molecular formula is C15H27NS. The molecule has 98 valence electrons. The molecule has 0 heterocycles. The van der Waals surface area contributed by atoms with Gasteiger partial charge in [-0.05, 0) is 26.0 Å². The molecule has 17 heavy (non-hydrogen) atoms. The third-order valence-corrected chi connectivity index (χ3v) is 3.78. The van der Waals surface area contributed by atoms with Gasteiger partial charge in [-0.1, -0.05) is 50.6 Å². The summed E-state index contributed by atoms with van der Waals surface area (Å²) in [5.74, 6) is 2.32. The smallest absolute Gasteiger partial charge is 0.0185 e. The van der Waals surface area contributed by atoms with Crippen molar-refractivity contribution >= 4 is 11.8 Å². The Kier molecular flexibility index (Phi) is 10.4. The van der Waals surface area contributed by atoms with Crippen LogP contribution in [0.25, 0.3) is 0 Å². The van der Waals surface area contributed by atoms with Crippen molar-refractivity contribution in [3.63, 3.8) is 0 Å². The number of thioether (sulfide) groups is 1. The Morgan fingerprint density at radius 3 is 2.24 bits per heavy atom. The molecule has 1 N–H and O–H groups in total. The number of benzene rings is 1. The van der Waals surface area contributed by atoms with E-state index in [0.717, 1.165) is 5.75 Å². The van der Waals surface area contributed by atoms with Crippen molar-refractivity contribution in [2.75, 3.05) is 12.8 Å². The van der Waals surface area contributed by atoms with Crippen LogP contribution in [0.4, 0.5) is 0 Å². The number of hydrogen-bond donors (Lipinski definition) is 1. The number of aryl methyl sites for hydroxylation is 1. The molecule has 0 aromatic heterocycles. The van der Waals surface area contributed by atoms with Crippen LogP contribution in [-0.4, -0.2) is 18.8 Å². The van der Waals surface area contributed by atoms with Gasteiger partial charge in [0.05, 0.1) is 0 Å². The number of nitrogens with one attached hydrogen (secondary N) is 1. The summed E-state index contributed by atoms with van der Waals surface area (Å²) in [5.41, 5.74) is 2.77. The van der Waals surface area contributed by atoms with Gasteiger partial charge in [-0.3, -0.25) is 0 Å². The fourth-order valence-electron chi connectivity index (χ4n) is 1.41. The first-order chi connectivity index (χ1) is 8.26. The second kappa shape index (κ2) is 10.7. The van der Waals surface area contributed by atoms with Crippen molar-refractivity contribution in [2.24, 2.45) is 0 Å². The lowest BCUT2D eigenvalue weighted by molar-refractivity contribution is 0.602. The maximum absolute atomic E-state index is 3.33. The third kappa shape index (κ3) is 7.45. The Balaban J connectivity index is 0.00000121. The summed E-state index contributed by atoms with van der Waals surface area (Å²) in [6.45, 7) is 8.36. The first-order valence-corrected chi connectivity index (χ1v) is 7.72. The van der Waals surface area contributed by atoms with E-state index in [0.29, 0.717) is 6.04 Å². The topological polar surface area (TPSA) is 12.0 Å². The molecule has 0 saturated carbocycles. The third-order valence-electron chi connectivity index (χ3n) is 2.61. The molecule has 0 fully saturated rings. The monoisotopic (exact) mass is 253 g/mol. The highest BCUT2D eigenvalue weighted by Crippen LogP contribution is 2.14. The second-order valence-corrected chi connectivity index (χ2v) is 4.92. The molecule has 1 unspecified atom stereocenters. The largest absolute Gasteiger partial charge is 0.316 e. The van der Waals surface area contributed by atoms with Crippen molar-refractivity contribution < 1.29 is 0 Å². The normalized spacial score (nSPS) is 11.6. The molecule has 0 aliphatic carbocycles. The molecule has 0 aliphatic rings. The Morgan fingerprint density at radius 2 is 1.76 bits per heavy atom. The lowest BCUT2D eigenvalue weighted by Crippen LogP contribution is -2.26. The van der Waals surface area contributed by atoms with Crippen LogP contribution in [0.15, 0.2) is 24.3 Å². The van der Waals surface area contributed by atoms with Crippen LogP contribution < -0.4 is 5.32 Å². The number of rotatable bonds is 6.